The van der Waals surface area contributed by atoms with Gasteiger partial charge in [-0.3, -0.25) is 4.79 Å². The van der Waals surface area contributed by atoms with Crippen LogP contribution in [-0.4, -0.2) is 56.2 Å². The number of amides is 1. The monoisotopic (exact) mass is 337 g/mol. The zero-order valence-electron chi connectivity index (χ0n) is 13.5. The summed E-state index contributed by atoms with van der Waals surface area (Å²) in [6, 6.07) is 6.30. The Morgan fingerprint density at radius 3 is 2.26 bits per heavy atom. The SMILES string of the molecule is Cc1nc(-c2ccc(S(=O)(=O)N(C)CC(=O)N(C)C)cc2)co1. The number of sulfonamides is 1. The van der Waals surface area contributed by atoms with E-state index >= 15 is 0 Å². The fourth-order valence-electron chi connectivity index (χ4n) is 1.89. The molecule has 7 nitrogen and oxygen atoms in total. The minimum Gasteiger partial charge on any atom is -0.449 e. The van der Waals surface area contributed by atoms with Gasteiger partial charge in [0.1, 0.15) is 12.0 Å². The van der Waals surface area contributed by atoms with Crippen LogP contribution in [0.3, 0.4) is 0 Å². The summed E-state index contributed by atoms with van der Waals surface area (Å²) in [7, 11) is 0.823. The normalized spacial score (nSPS) is 11.7. The summed E-state index contributed by atoms with van der Waals surface area (Å²) < 4.78 is 31.1. The van der Waals surface area contributed by atoms with E-state index in [0.29, 0.717) is 11.6 Å². The molecule has 8 heteroatoms. The van der Waals surface area contributed by atoms with E-state index in [1.807, 2.05) is 0 Å². The number of hydrogen-bond acceptors (Lipinski definition) is 5. The third-order valence-electron chi connectivity index (χ3n) is 3.33. The van der Waals surface area contributed by atoms with Gasteiger partial charge in [-0.15, -0.1) is 0 Å². The van der Waals surface area contributed by atoms with Crippen LogP contribution in [0.15, 0.2) is 39.8 Å². The number of hydrogen-bond donors (Lipinski definition) is 0. The van der Waals surface area contributed by atoms with Crippen molar-refractivity contribution in [2.75, 3.05) is 27.7 Å². The van der Waals surface area contributed by atoms with E-state index in [0.717, 1.165) is 9.87 Å². The second-order valence-corrected chi connectivity index (χ2v) is 7.37. The van der Waals surface area contributed by atoms with Crippen LogP contribution in [0.25, 0.3) is 11.3 Å². The largest absolute Gasteiger partial charge is 0.449 e. The van der Waals surface area contributed by atoms with E-state index in [4.69, 9.17) is 4.42 Å². The Morgan fingerprint density at radius 2 is 1.78 bits per heavy atom. The summed E-state index contributed by atoms with van der Waals surface area (Å²) in [6.07, 6.45) is 1.51. The molecular formula is C15H19N3O4S. The molecule has 124 valence electrons. The molecule has 0 aliphatic carbocycles. The maximum atomic E-state index is 12.5. The summed E-state index contributed by atoms with van der Waals surface area (Å²) in [4.78, 5) is 17.3. The van der Waals surface area contributed by atoms with Crippen molar-refractivity contribution >= 4 is 15.9 Å². The van der Waals surface area contributed by atoms with E-state index in [9.17, 15) is 13.2 Å². The number of likely N-dealkylation sites (N-methyl/N-ethyl adjacent to an activating group) is 2. The first-order chi connectivity index (χ1) is 10.7. The van der Waals surface area contributed by atoms with Crippen molar-refractivity contribution in [3.8, 4) is 11.3 Å². The second kappa shape index (κ2) is 6.51. The van der Waals surface area contributed by atoms with Crippen LogP contribution in [-0.2, 0) is 14.8 Å². The number of nitrogens with zero attached hydrogens (tertiary/aromatic N) is 3. The highest BCUT2D eigenvalue weighted by atomic mass is 32.2. The fraction of sp³-hybridized carbons (Fsp3) is 0.333. The van der Waals surface area contributed by atoms with Crippen LogP contribution in [0.2, 0.25) is 0 Å². The van der Waals surface area contributed by atoms with Crippen LogP contribution >= 0.6 is 0 Å². The van der Waals surface area contributed by atoms with Crippen molar-refractivity contribution < 1.29 is 17.6 Å². The van der Waals surface area contributed by atoms with Gasteiger partial charge >= 0.3 is 0 Å². The van der Waals surface area contributed by atoms with Crippen molar-refractivity contribution in [2.45, 2.75) is 11.8 Å². The number of benzene rings is 1. The highest BCUT2D eigenvalue weighted by Crippen LogP contribution is 2.22. The predicted molar refractivity (Wildman–Crippen MR) is 85.2 cm³/mol. The van der Waals surface area contributed by atoms with Crippen molar-refractivity contribution in [3.05, 3.63) is 36.4 Å². The third kappa shape index (κ3) is 3.77. The lowest BCUT2D eigenvalue weighted by Gasteiger charge is -2.19. The van der Waals surface area contributed by atoms with Gasteiger partial charge in [0, 0.05) is 33.6 Å². The van der Waals surface area contributed by atoms with E-state index in [1.165, 1.54) is 30.3 Å². The molecular weight excluding hydrogens is 318 g/mol. The molecule has 23 heavy (non-hydrogen) atoms. The Hall–Kier alpha value is -2.19. The van der Waals surface area contributed by atoms with E-state index in [-0.39, 0.29) is 17.3 Å². The quantitative estimate of drug-likeness (QED) is 0.822. The fourth-order valence-corrected chi connectivity index (χ4v) is 3.01. The van der Waals surface area contributed by atoms with Gasteiger partial charge in [-0.2, -0.15) is 4.31 Å². The van der Waals surface area contributed by atoms with Crippen molar-refractivity contribution in [2.24, 2.45) is 0 Å². The molecule has 0 radical (unpaired) electrons. The van der Waals surface area contributed by atoms with Gasteiger partial charge in [-0.05, 0) is 12.1 Å². The zero-order valence-corrected chi connectivity index (χ0v) is 14.3. The van der Waals surface area contributed by atoms with Crippen LogP contribution in [0.5, 0.6) is 0 Å². The first-order valence-corrected chi connectivity index (χ1v) is 8.35. The lowest BCUT2D eigenvalue weighted by Crippen LogP contribution is -2.37. The van der Waals surface area contributed by atoms with Crippen LogP contribution in [0, 0.1) is 6.92 Å². The van der Waals surface area contributed by atoms with E-state index < -0.39 is 10.0 Å². The highest BCUT2D eigenvalue weighted by molar-refractivity contribution is 7.89. The molecule has 0 bridgehead atoms. The second-order valence-electron chi connectivity index (χ2n) is 5.33. The summed E-state index contributed by atoms with van der Waals surface area (Å²) >= 11 is 0. The molecule has 0 saturated heterocycles. The lowest BCUT2D eigenvalue weighted by atomic mass is 10.2. The van der Waals surface area contributed by atoms with Crippen LogP contribution in [0.1, 0.15) is 5.89 Å². The molecule has 1 amide bonds. The van der Waals surface area contributed by atoms with Crippen LogP contribution in [0.4, 0.5) is 0 Å². The first-order valence-electron chi connectivity index (χ1n) is 6.91. The highest BCUT2D eigenvalue weighted by Gasteiger charge is 2.23. The number of aryl methyl sites for hydroxylation is 1. The van der Waals surface area contributed by atoms with Crippen molar-refractivity contribution in [3.63, 3.8) is 0 Å². The maximum absolute atomic E-state index is 12.5. The lowest BCUT2D eigenvalue weighted by molar-refractivity contribution is -0.128. The standard InChI is InChI=1S/C15H19N3O4S/c1-11-16-14(10-22-11)12-5-7-13(8-6-12)23(20,21)18(4)9-15(19)17(2)3/h5-8,10H,9H2,1-4H3. The number of rotatable bonds is 5. The van der Waals surface area contributed by atoms with Crippen molar-refractivity contribution in [1.29, 1.82) is 0 Å². The van der Waals surface area contributed by atoms with Gasteiger partial charge < -0.3 is 9.32 Å². The van der Waals surface area contributed by atoms with Gasteiger partial charge in [0.25, 0.3) is 0 Å². The summed E-state index contributed by atoms with van der Waals surface area (Å²) in [6.45, 7) is 1.53. The smallest absolute Gasteiger partial charge is 0.243 e. The molecule has 0 spiro atoms. The molecule has 0 aliphatic rings. The minimum absolute atomic E-state index is 0.121. The molecule has 0 fully saturated rings. The molecule has 0 atom stereocenters. The molecule has 0 N–H and O–H groups in total. The Morgan fingerprint density at radius 1 is 1.17 bits per heavy atom. The molecule has 0 aliphatic heterocycles. The molecule has 0 unspecified atom stereocenters. The van der Waals surface area contributed by atoms with Gasteiger partial charge in [-0.1, -0.05) is 12.1 Å². The molecule has 1 aromatic carbocycles. The minimum atomic E-state index is -3.72. The summed E-state index contributed by atoms with van der Waals surface area (Å²) in [5.74, 6) is 0.254. The molecule has 2 rings (SSSR count). The summed E-state index contributed by atoms with van der Waals surface area (Å²) in [5, 5.41) is 0. The number of carbonyl (C=O) groups is 1. The summed E-state index contributed by atoms with van der Waals surface area (Å²) in [5.41, 5.74) is 1.40. The van der Waals surface area contributed by atoms with Gasteiger partial charge in [0.05, 0.1) is 11.4 Å². The topological polar surface area (TPSA) is 83.7 Å². The molecule has 2 aromatic rings. The Kier molecular flexibility index (Phi) is 4.86. The maximum Gasteiger partial charge on any atom is 0.243 e. The molecule has 1 aromatic heterocycles. The Bertz CT molecular complexity index is 794. The third-order valence-corrected chi connectivity index (χ3v) is 5.15. The van der Waals surface area contributed by atoms with E-state index in [2.05, 4.69) is 4.98 Å². The predicted octanol–water partition coefficient (Wildman–Crippen LogP) is 1.36. The number of aromatic nitrogens is 1. The van der Waals surface area contributed by atoms with Gasteiger partial charge in [0.15, 0.2) is 5.89 Å². The molecule has 0 saturated carbocycles. The van der Waals surface area contributed by atoms with Gasteiger partial charge in [-0.25, -0.2) is 13.4 Å². The average molecular weight is 337 g/mol. The average Bonchev–Trinajstić information content (AvgIpc) is 2.93. The van der Waals surface area contributed by atoms with Crippen LogP contribution < -0.4 is 0 Å². The van der Waals surface area contributed by atoms with Gasteiger partial charge in [0.2, 0.25) is 15.9 Å². The zero-order chi connectivity index (χ0) is 17.2. The molecule has 1 heterocycles. The van der Waals surface area contributed by atoms with E-state index in [1.54, 1.807) is 33.2 Å². The Labute approximate surface area is 135 Å². The number of oxazole rings is 1. The number of carbonyl (C=O) groups excluding carboxylic acids is 1. The van der Waals surface area contributed by atoms with Crippen molar-refractivity contribution in [1.82, 2.24) is 14.2 Å². The Balaban J connectivity index is 2.22. The first kappa shape index (κ1) is 17.2.